The number of carbonyl (C=O) groups excluding carboxylic acids is 1. The maximum atomic E-state index is 11.9. The number of carbonyl (C=O) groups is 1. The Bertz CT molecular complexity index is 823. The highest BCUT2D eigenvalue weighted by Crippen LogP contribution is 2.25. The van der Waals surface area contributed by atoms with Gasteiger partial charge in [0, 0.05) is 15.7 Å². The average Bonchev–Trinajstić information content (AvgIpc) is 2.89. The van der Waals surface area contributed by atoms with E-state index in [4.69, 9.17) is 16.0 Å². The van der Waals surface area contributed by atoms with Gasteiger partial charge in [-0.1, -0.05) is 23.4 Å². The van der Waals surface area contributed by atoms with Gasteiger partial charge >= 0.3 is 0 Å². The highest BCUT2D eigenvalue weighted by atomic mass is 79.9. The maximum Gasteiger partial charge on any atom is 0.257 e. The van der Waals surface area contributed by atoms with Crippen LogP contribution in [0.25, 0.3) is 11.1 Å². The van der Waals surface area contributed by atoms with Gasteiger partial charge in [-0.15, -0.1) is 0 Å². The molecule has 0 fully saturated rings. The molecule has 0 aliphatic heterocycles. The summed E-state index contributed by atoms with van der Waals surface area (Å²) in [4.78, 5) is 20.2. The first-order valence-electron chi connectivity index (χ1n) is 6.20. The van der Waals surface area contributed by atoms with E-state index in [-0.39, 0.29) is 11.7 Å². The molecule has 3 rings (SSSR count). The molecule has 0 unspecified atom stereocenters. The van der Waals surface area contributed by atoms with Gasteiger partial charge in [-0.3, -0.25) is 4.79 Å². The number of aromatic nitrogens is 2. The van der Waals surface area contributed by atoms with E-state index < -0.39 is 0 Å². The molecule has 8 heteroatoms. The number of benzene rings is 1. The fraction of sp³-hybridized carbons (Fsp3) is 0.0714. The molecule has 2 heterocycles. The van der Waals surface area contributed by atoms with Crippen molar-refractivity contribution >= 4 is 62.1 Å². The van der Waals surface area contributed by atoms with E-state index in [0.717, 1.165) is 4.47 Å². The van der Waals surface area contributed by atoms with Crippen LogP contribution in [-0.2, 0) is 4.79 Å². The molecular weight excluding hydrogens is 390 g/mol. The second-order valence-corrected chi connectivity index (χ2v) is 6.57. The zero-order valence-electron chi connectivity index (χ0n) is 11.0. The van der Waals surface area contributed by atoms with E-state index in [9.17, 15) is 4.79 Å². The van der Waals surface area contributed by atoms with Gasteiger partial charge < -0.3 is 9.73 Å². The number of hydrogen-bond acceptors (Lipinski definition) is 5. The van der Waals surface area contributed by atoms with Gasteiger partial charge in [0.25, 0.3) is 5.22 Å². The van der Waals surface area contributed by atoms with Crippen LogP contribution in [0.3, 0.4) is 0 Å². The number of nitrogens with one attached hydrogen (secondary N) is 1. The van der Waals surface area contributed by atoms with Crippen LogP contribution in [0.15, 0.2) is 50.6 Å². The Kier molecular flexibility index (Phi) is 4.66. The lowest BCUT2D eigenvalue weighted by Crippen LogP contribution is -2.14. The van der Waals surface area contributed by atoms with Crippen molar-refractivity contribution < 1.29 is 9.21 Å². The van der Waals surface area contributed by atoms with Gasteiger partial charge in [-0.2, -0.15) is 0 Å². The van der Waals surface area contributed by atoms with Crippen LogP contribution in [0, 0.1) is 0 Å². The number of oxazole rings is 1. The molecule has 1 aromatic carbocycles. The molecule has 2 aromatic heterocycles. The van der Waals surface area contributed by atoms with E-state index >= 15 is 0 Å². The third kappa shape index (κ3) is 3.79. The quantitative estimate of drug-likeness (QED) is 0.661. The monoisotopic (exact) mass is 397 g/mol. The molecule has 112 valence electrons. The first-order chi connectivity index (χ1) is 10.6. The van der Waals surface area contributed by atoms with Crippen molar-refractivity contribution in [1.82, 2.24) is 9.97 Å². The first kappa shape index (κ1) is 15.3. The summed E-state index contributed by atoms with van der Waals surface area (Å²) in [6, 6.07) is 8.72. The Morgan fingerprint density at radius 2 is 2.23 bits per heavy atom. The smallest absolute Gasteiger partial charge is 0.257 e. The molecule has 0 saturated carbocycles. The van der Waals surface area contributed by atoms with Crippen molar-refractivity contribution in [2.75, 3.05) is 11.1 Å². The fourth-order valence-corrected chi connectivity index (χ4v) is 2.74. The number of amides is 1. The minimum atomic E-state index is -0.180. The van der Waals surface area contributed by atoms with E-state index in [2.05, 4.69) is 31.2 Å². The number of hydrogen-bond donors (Lipinski definition) is 1. The number of fused-ring (bicyclic) bond motifs is 1. The van der Waals surface area contributed by atoms with Gasteiger partial charge in [0.15, 0.2) is 5.58 Å². The predicted octanol–water partition coefficient (Wildman–Crippen LogP) is 4.37. The lowest BCUT2D eigenvalue weighted by molar-refractivity contribution is -0.113. The van der Waals surface area contributed by atoms with E-state index in [1.807, 2.05) is 0 Å². The SMILES string of the molecule is O=C(CSc1nc2cc(Cl)ccc2o1)Nc1ccc(Br)cn1. The molecule has 0 aliphatic rings. The van der Waals surface area contributed by atoms with Crippen molar-refractivity contribution in [3.63, 3.8) is 0 Å². The van der Waals surface area contributed by atoms with Crippen molar-refractivity contribution in [2.45, 2.75) is 5.22 Å². The first-order valence-corrected chi connectivity index (χ1v) is 8.36. The van der Waals surface area contributed by atoms with Gasteiger partial charge in [0.2, 0.25) is 5.91 Å². The second-order valence-electron chi connectivity index (χ2n) is 4.29. The summed E-state index contributed by atoms with van der Waals surface area (Å²) in [6.45, 7) is 0. The lowest BCUT2D eigenvalue weighted by atomic mass is 10.3. The predicted molar refractivity (Wildman–Crippen MR) is 90.3 cm³/mol. The average molecular weight is 399 g/mol. The number of pyridine rings is 1. The molecule has 0 aliphatic carbocycles. The summed E-state index contributed by atoms with van der Waals surface area (Å²) in [5.41, 5.74) is 1.31. The van der Waals surface area contributed by atoms with Crippen LogP contribution in [0.4, 0.5) is 5.82 Å². The molecule has 0 atom stereocenters. The number of thioether (sulfide) groups is 1. The molecule has 0 saturated heterocycles. The molecule has 22 heavy (non-hydrogen) atoms. The maximum absolute atomic E-state index is 11.9. The standard InChI is InChI=1S/C14H9BrClN3O2S/c15-8-1-4-12(17-6-8)19-13(20)7-22-14-18-10-5-9(16)2-3-11(10)21-14/h1-6H,7H2,(H,17,19,20). The Balaban J connectivity index is 1.61. The van der Waals surface area contributed by atoms with Crippen molar-refractivity contribution in [3.05, 3.63) is 46.0 Å². The van der Waals surface area contributed by atoms with Crippen LogP contribution < -0.4 is 5.32 Å². The summed E-state index contributed by atoms with van der Waals surface area (Å²) in [5, 5.41) is 3.72. The fourth-order valence-electron chi connectivity index (χ4n) is 1.70. The Morgan fingerprint density at radius 3 is 3.00 bits per heavy atom. The second kappa shape index (κ2) is 6.68. The minimum absolute atomic E-state index is 0.179. The molecule has 5 nitrogen and oxygen atoms in total. The highest BCUT2D eigenvalue weighted by Gasteiger charge is 2.10. The largest absolute Gasteiger partial charge is 0.431 e. The Morgan fingerprint density at radius 1 is 1.36 bits per heavy atom. The summed E-state index contributed by atoms with van der Waals surface area (Å²) < 4.78 is 6.38. The summed E-state index contributed by atoms with van der Waals surface area (Å²) >= 11 is 10.4. The molecule has 0 bridgehead atoms. The Hall–Kier alpha value is -1.57. The molecule has 0 spiro atoms. The number of rotatable bonds is 4. The third-order valence-corrected chi connectivity index (χ3v) is 4.18. The van der Waals surface area contributed by atoms with Crippen LogP contribution in [0.1, 0.15) is 0 Å². The zero-order valence-corrected chi connectivity index (χ0v) is 14.2. The highest BCUT2D eigenvalue weighted by molar-refractivity contribution is 9.10. The van der Waals surface area contributed by atoms with E-state index in [1.165, 1.54) is 11.8 Å². The molecule has 1 amide bonds. The zero-order chi connectivity index (χ0) is 15.5. The summed E-state index contributed by atoms with van der Waals surface area (Å²) in [7, 11) is 0. The van der Waals surface area contributed by atoms with Gasteiger partial charge in [-0.25, -0.2) is 9.97 Å². The van der Waals surface area contributed by atoms with Crippen LogP contribution >= 0.6 is 39.3 Å². The van der Waals surface area contributed by atoms with Crippen molar-refractivity contribution in [2.24, 2.45) is 0 Å². The van der Waals surface area contributed by atoms with Gasteiger partial charge in [0.05, 0.1) is 5.75 Å². The van der Waals surface area contributed by atoms with Gasteiger partial charge in [-0.05, 0) is 46.3 Å². The van der Waals surface area contributed by atoms with Gasteiger partial charge in [0.1, 0.15) is 11.3 Å². The normalized spacial score (nSPS) is 10.8. The van der Waals surface area contributed by atoms with E-state index in [0.29, 0.717) is 27.2 Å². The topological polar surface area (TPSA) is 68.0 Å². The lowest BCUT2D eigenvalue weighted by Gasteiger charge is -2.02. The van der Waals surface area contributed by atoms with Crippen LogP contribution in [-0.4, -0.2) is 21.6 Å². The number of nitrogens with zero attached hydrogens (tertiary/aromatic N) is 2. The number of halogens is 2. The minimum Gasteiger partial charge on any atom is -0.431 e. The van der Waals surface area contributed by atoms with Crippen molar-refractivity contribution in [3.8, 4) is 0 Å². The number of anilines is 1. The summed E-state index contributed by atoms with van der Waals surface area (Å²) in [6.07, 6.45) is 1.62. The third-order valence-electron chi connectivity index (χ3n) is 2.65. The molecule has 3 aromatic rings. The Labute approximate surface area is 143 Å². The molecular formula is C14H9BrClN3O2S. The summed E-state index contributed by atoms with van der Waals surface area (Å²) in [5.74, 6) is 0.497. The molecule has 1 N–H and O–H groups in total. The van der Waals surface area contributed by atoms with Crippen LogP contribution in [0.2, 0.25) is 5.02 Å². The van der Waals surface area contributed by atoms with Crippen LogP contribution in [0.5, 0.6) is 0 Å². The van der Waals surface area contributed by atoms with E-state index in [1.54, 1.807) is 36.5 Å². The molecule has 0 radical (unpaired) electrons. The van der Waals surface area contributed by atoms with Crippen molar-refractivity contribution in [1.29, 1.82) is 0 Å².